The normalized spacial score (nSPS) is 15.6. The van der Waals surface area contributed by atoms with Gasteiger partial charge in [-0.05, 0) is 96.1 Å². The molecule has 4 N–H and O–H groups in total. The third kappa shape index (κ3) is 8.56. The van der Waals surface area contributed by atoms with Crippen molar-refractivity contribution < 1.29 is 4.79 Å². The van der Waals surface area contributed by atoms with Crippen molar-refractivity contribution in [2.45, 2.75) is 63.6 Å². The Labute approximate surface area is 268 Å². The first-order valence-electron chi connectivity index (χ1n) is 16.2. The minimum atomic E-state index is -0.437. The fraction of sp³-hybridized carbons (Fsp3) is 0.405. The van der Waals surface area contributed by atoms with Crippen LogP contribution < -0.4 is 16.4 Å². The van der Waals surface area contributed by atoms with Crippen LogP contribution in [0.5, 0.6) is 0 Å². The number of thiocarbonyl (C=S) groups is 1. The zero-order valence-corrected chi connectivity index (χ0v) is 26.8. The van der Waals surface area contributed by atoms with Gasteiger partial charge in [0.05, 0.1) is 0 Å². The maximum atomic E-state index is 13.8. The van der Waals surface area contributed by atoms with Crippen molar-refractivity contribution in [3.8, 4) is 0 Å². The minimum absolute atomic E-state index is 0.000340. The number of hydrogen-bond donors (Lipinski definition) is 3. The summed E-state index contributed by atoms with van der Waals surface area (Å²) in [6, 6.07) is 30.0. The van der Waals surface area contributed by atoms with Gasteiger partial charge in [0.2, 0.25) is 5.91 Å². The van der Waals surface area contributed by atoms with Crippen LogP contribution in [0.25, 0.3) is 21.5 Å². The fourth-order valence-corrected chi connectivity index (χ4v) is 6.51. The third-order valence-electron chi connectivity index (χ3n) is 8.86. The Bertz CT molecular complexity index is 1530. The molecule has 0 aliphatic carbocycles. The van der Waals surface area contributed by atoms with Crippen molar-refractivity contribution >= 4 is 44.8 Å². The minimum Gasteiger partial charge on any atom is -0.354 e. The average molecular weight is 610 g/mol. The van der Waals surface area contributed by atoms with Gasteiger partial charge in [-0.1, -0.05) is 85.3 Å². The van der Waals surface area contributed by atoms with Crippen molar-refractivity contribution in [2.24, 2.45) is 5.73 Å². The lowest BCUT2D eigenvalue weighted by molar-refractivity contribution is -0.124. The van der Waals surface area contributed by atoms with Gasteiger partial charge in [-0.15, -0.1) is 0 Å². The highest BCUT2D eigenvalue weighted by Crippen LogP contribution is 2.21. The summed E-state index contributed by atoms with van der Waals surface area (Å²) in [6.07, 6.45) is 7.04. The van der Waals surface area contributed by atoms with E-state index in [0.29, 0.717) is 37.2 Å². The standard InChI is InChI=1S/C37H47N5OS/c1-41(35(36(43)40-22-9-7-20-38)26-28-15-17-30-10-2-4-12-32(30)24-28)37(44)42(23-19-34-14-6-8-21-39-34)27-29-16-18-31-11-3-5-13-33(31)25-29/h2-5,10-13,15-18,24-25,34-35,39H,6-9,14,19-23,26-27,38H2,1H3,(H,40,43). The zero-order valence-electron chi connectivity index (χ0n) is 26.0. The summed E-state index contributed by atoms with van der Waals surface area (Å²) in [5, 5.41) is 12.4. The molecule has 2 unspecified atom stereocenters. The first kappa shape index (κ1) is 31.9. The Hall–Kier alpha value is -3.52. The van der Waals surface area contributed by atoms with E-state index >= 15 is 0 Å². The summed E-state index contributed by atoms with van der Waals surface area (Å²) in [5.41, 5.74) is 8.04. The summed E-state index contributed by atoms with van der Waals surface area (Å²) >= 11 is 6.24. The van der Waals surface area contributed by atoms with Gasteiger partial charge in [0, 0.05) is 39.1 Å². The van der Waals surface area contributed by atoms with Crippen molar-refractivity contribution in [1.29, 1.82) is 0 Å². The van der Waals surface area contributed by atoms with E-state index in [0.717, 1.165) is 37.9 Å². The maximum Gasteiger partial charge on any atom is 0.243 e. The van der Waals surface area contributed by atoms with Crippen LogP contribution in [0.3, 0.4) is 0 Å². The number of rotatable bonds is 13. The number of likely N-dealkylation sites (N-methyl/N-ethyl adjacent to an activating group) is 1. The van der Waals surface area contributed by atoms with Crippen molar-refractivity contribution in [1.82, 2.24) is 20.4 Å². The number of hydrogen-bond acceptors (Lipinski definition) is 4. The highest BCUT2D eigenvalue weighted by atomic mass is 32.1. The second-order valence-electron chi connectivity index (χ2n) is 12.1. The molecular formula is C37H47N5OS. The fourth-order valence-electron chi connectivity index (χ4n) is 6.23. The molecule has 7 heteroatoms. The molecule has 1 amide bonds. The second-order valence-corrected chi connectivity index (χ2v) is 12.5. The summed E-state index contributed by atoms with van der Waals surface area (Å²) < 4.78 is 0. The summed E-state index contributed by atoms with van der Waals surface area (Å²) in [5.74, 6) is -0.000340. The van der Waals surface area contributed by atoms with E-state index in [4.69, 9.17) is 18.0 Å². The van der Waals surface area contributed by atoms with Gasteiger partial charge in [0.15, 0.2) is 5.11 Å². The molecule has 0 aromatic heterocycles. The first-order valence-corrected chi connectivity index (χ1v) is 16.6. The van der Waals surface area contributed by atoms with E-state index in [2.05, 4.69) is 100 Å². The summed E-state index contributed by atoms with van der Waals surface area (Å²) in [4.78, 5) is 18.1. The summed E-state index contributed by atoms with van der Waals surface area (Å²) in [6.45, 7) is 3.84. The smallest absolute Gasteiger partial charge is 0.243 e. The number of amides is 1. The molecule has 4 aromatic carbocycles. The largest absolute Gasteiger partial charge is 0.354 e. The van der Waals surface area contributed by atoms with E-state index in [1.54, 1.807) is 0 Å². The molecule has 2 atom stereocenters. The van der Waals surface area contributed by atoms with Gasteiger partial charge in [-0.3, -0.25) is 4.79 Å². The number of nitrogens with two attached hydrogens (primary N) is 1. The number of benzene rings is 4. The average Bonchev–Trinajstić information content (AvgIpc) is 3.07. The molecule has 1 fully saturated rings. The molecule has 4 aromatic rings. The number of carbonyl (C=O) groups excluding carboxylic acids is 1. The molecule has 1 aliphatic rings. The molecule has 44 heavy (non-hydrogen) atoms. The van der Waals surface area contributed by atoms with Crippen LogP contribution in [0.15, 0.2) is 84.9 Å². The lowest BCUT2D eigenvalue weighted by Gasteiger charge is -2.37. The van der Waals surface area contributed by atoms with Crippen LogP contribution in [-0.4, -0.2) is 66.1 Å². The maximum absolute atomic E-state index is 13.8. The van der Waals surface area contributed by atoms with Crippen LogP contribution in [-0.2, 0) is 17.8 Å². The first-order chi connectivity index (χ1) is 21.5. The predicted molar refractivity (Wildman–Crippen MR) is 188 cm³/mol. The molecule has 1 aliphatic heterocycles. The van der Waals surface area contributed by atoms with Crippen molar-refractivity contribution in [2.75, 3.05) is 33.2 Å². The summed E-state index contributed by atoms with van der Waals surface area (Å²) in [7, 11) is 1.99. The molecule has 0 radical (unpaired) electrons. The Morgan fingerprint density at radius 1 is 0.932 bits per heavy atom. The highest BCUT2D eigenvalue weighted by molar-refractivity contribution is 7.80. The van der Waals surface area contributed by atoms with Crippen molar-refractivity contribution in [3.05, 3.63) is 96.1 Å². The van der Waals surface area contributed by atoms with Crippen LogP contribution in [0.2, 0.25) is 0 Å². The van der Waals surface area contributed by atoms with Crippen LogP contribution in [0, 0.1) is 0 Å². The zero-order chi connectivity index (χ0) is 30.7. The lowest BCUT2D eigenvalue weighted by atomic mass is 10.00. The SMILES string of the molecule is CN(C(=S)N(CCC1CCCCN1)Cc1ccc2ccccc2c1)C(Cc1ccc2ccccc2c1)C(=O)NCCCCN. The van der Waals surface area contributed by atoms with Crippen molar-refractivity contribution in [3.63, 3.8) is 0 Å². The van der Waals surface area contributed by atoms with Gasteiger partial charge in [0.1, 0.15) is 6.04 Å². The third-order valence-corrected chi connectivity index (χ3v) is 9.41. The molecule has 232 valence electrons. The van der Waals surface area contributed by atoms with E-state index in [-0.39, 0.29) is 5.91 Å². The van der Waals surface area contributed by atoms with Crippen LogP contribution in [0.1, 0.15) is 49.7 Å². The van der Waals surface area contributed by atoms with Crippen LogP contribution in [0.4, 0.5) is 0 Å². The number of piperidine rings is 1. The van der Waals surface area contributed by atoms with Gasteiger partial charge in [0.25, 0.3) is 0 Å². The molecule has 6 nitrogen and oxygen atoms in total. The molecule has 1 saturated heterocycles. The number of carbonyl (C=O) groups is 1. The Morgan fingerprint density at radius 3 is 2.25 bits per heavy atom. The molecule has 5 rings (SSSR count). The predicted octanol–water partition coefficient (Wildman–Crippen LogP) is 6.01. The molecule has 0 spiro atoms. The second kappa shape index (κ2) is 16.0. The Balaban J connectivity index is 1.38. The van der Waals surface area contributed by atoms with E-state index < -0.39 is 6.04 Å². The van der Waals surface area contributed by atoms with E-state index in [1.165, 1.54) is 46.4 Å². The Kier molecular flexibility index (Phi) is 11.6. The topological polar surface area (TPSA) is 73.6 Å². The number of unbranched alkanes of at least 4 members (excludes halogenated alkanes) is 1. The molecular weight excluding hydrogens is 563 g/mol. The van der Waals surface area contributed by atoms with E-state index in [1.807, 2.05) is 11.9 Å². The quantitative estimate of drug-likeness (QED) is 0.127. The monoisotopic (exact) mass is 609 g/mol. The molecule has 0 bridgehead atoms. The van der Waals surface area contributed by atoms with Gasteiger partial charge in [-0.25, -0.2) is 0 Å². The van der Waals surface area contributed by atoms with E-state index in [9.17, 15) is 4.79 Å². The van der Waals surface area contributed by atoms with Crippen LogP contribution >= 0.6 is 12.2 Å². The number of nitrogens with one attached hydrogen (secondary N) is 2. The number of nitrogens with zero attached hydrogens (tertiary/aromatic N) is 2. The Morgan fingerprint density at radius 2 is 1.59 bits per heavy atom. The van der Waals surface area contributed by atoms with Gasteiger partial charge in [-0.2, -0.15) is 0 Å². The van der Waals surface area contributed by atoms with Gasteiger partial charge >= 0.3 is 0 Å². The molecule has 0 saturated carbocycles. The van der Waals surface area contributed by atoms with Gasteiger partial charge < -0.3 is 26.2 Å². The lowest BCUT2D eigenvalue weighted by Crippen LogP contribution is -2.53. The molecule has 1 heterocycles. The number of fused-ring (bicyclic) bond motifs is 2. The highest BCUT2D eigenvalue weighted by Gasteiger charge is 2.28.